The van der Waals surface area contributed by atoms with Gasteiger partial charge in [0.15, 0.2) is 0 Å². The monoisotopic (exact) mass is 330 g/mol. The Labute approximate surface area is 129 Å². The van der Waals surface area contributed by atoms with E-state index in [2.05, 4.69) is 78.3 Å². The van der Waals surface area contributed by atoms with Crippen LogP contribution in [0.15, 0.2) is 48.5 Å². The van der Waals surface area contributed by atoms with Gasteiger partial charge in [-0.2, -0.15) is 0 Å². The van der Waals surface area contributed by atoms with E-state index in [1.54, 1.807) is 0 Å². The van der Waals surface area contributed by atoms with Crippen molar-refractivity contribution < 1.29 is 4.74 Å². The lowest BCUT2D eigenvalue weighted by molar-refractivity contribution is 0.134. The average molecular weight is 331 g/mol. The maximum absolute atomic E-state index is 5.50. The SMILES string of the molecule is CC(C)(c1ccccc1)C(Br)c1ccc2c(c1)COC2. The first-order chi connectivity index (χ1) is 9.59. The largest absolute Gasteiger partial charge is 0.372 e. The van der Waals surface area contributed by atoms with Gasteiger partial charge in [-0.1, -0.05) is 78.3 Å². The number of hydrogen-bond acceptors (Lipinski definition) is 1. The Balaban J connectivity index is 1.94. The Hall–Kier alpha value is -1.12. The summed E-state index contributed by atoms with van der Waals surface area (Å²) in [4.78, 5) is 0.281. The van der Waals surface area contributed by atoms with Crippen LogP contribution in [0.1, 0.15) is 40.9 Å². The van der Waals surface area contributed by atoms with Crippen molar-refractivity contribution in [3.63, 3.8) is 0 Å². The smallest absolute Gasteiger partial charge is 0.0725 e. The lowest BCUT2D eigenvalue weighted by atomic mass is 9.79. The molecule has 2 aromatic rings. The topological polar surface area (TPSA) is 9.23 Å². The highest BCUT2D eigenvalue weighted by Crippen LogP contribution is 2.43. The summed E-state index contributed by atoms with van der Waals surface area (Å²) in [5.74, 6) is 0. The zero-order valence-corrected chi connectivity index (χ0v) is 13.5. The van der Waals surface area contributed by atoms with Crippen molar-refractivity contribution in [2.45, 2.75) is 37.3 Å². The van der Waals surface area contributed by atoms with Crippen molar-refractivity contribution in [1.82, 2.24) is 0 Å². The highest BCUT2D eigenvalue weighted by atomic mass is 79.9. The third kappa shape index (κ3) is 2.43. The average Bonchev–Trinajstić information content (AvgIpc) is 2.94. The number of hydrogen-bond donors (Lipinski definition) is 0. The van der Waals surface area contributed by atoms with Crippen molar-refractivity contribution >= 4 is 15.9 Å². The summed E-state index contributed by atoms with van der Waals surface area (Å²) < 4.78 is 5.50. The van der Waals surface area contributed by atoms with Crippen LogP contribution in [-0.4, -0.2) is 0 Å². The number of fused-ring (bicyclic) bond motifs is 1. The molecule has 0 aliphatic carbocycles. The van der Waals surface area contributed by atoms with Crippen molar-refractivity contribution in [1.29, 1.82) is 0 Å². The maximum Gasteiger partial charge on any atom is 0.0725 e. The first-order valence-corrected chi connectivity index (χ1v) is 7.89. The zero-order valence-electron chi connectivity index (χ0n) is 11.9. The molecular formula is C18H19BrO. The summed E-state index contributed by atoms with van der Waals surface area (Å²) in [6, 6.07) is 17.4. The van der Waals surface area contributed by atoms with Crippen LogP contribution in [0.2, 0.25) is 0 Å². The molecule has 0 radical (unpaired) electrons. The van der Waals surface area contributed by atoms with Crippen molar-refractivity contribution in [2.75, 3.05) is 0 Å². The van der Waals surface area contributed by atoms with E-state index in [0.29, 0.717) is 0 Å². The van der Waals surface area contributed by atoms with E-state index in [9.17, 15) is 0 Å². The highest BCUT2D eigenvalue weighted by molar-refractivity contribution is 9.09. The van der Waals surface area contributed by atoms with E-state index >= 15 is 0 Å². The number of benzene rings is 2. The second-order valence-corrected chi connectivity index (χ2v) is 6.89. The Kier molecular flexibility index (Phi) is 3.70. The van der Waals surface area contributed by atoms with Crippen molar-refractivity contribution in [2.24, 2.45) is 0 Å². The van der Waals surface area contributed by atoms with Crippen LogP contribution < -0.4 is 0 Å². The molecule has 2 heteroatoms. The lowest BCUT2D eigenvalue weighted by Crippen LogP contribution is -2.23. The molecule has 3 rings (SSSR count). The van der Waals surface area contributed by atoms with Crippen LogP contribution >= 0.6 is 15.9 Å². The highest BCUT2D eigenvalue weighted by Gasteiger charge is 2.31. The Bertz CT molecular complexity index is 604. The molecule has 20 heavy (non-hydrogen) atoms. The first kappa shape index (κ1) is 13.8. The molecule has 104 valence electrons. The fourth-order valence-corrected chi connectivity index (χ4v) is 3.33. The van der Waals surface area contributed by atoms with E-state index in [0.717, 1.165) is 13.2 Å². The normalized spacial score (nSPS) is 15.9. The second kappa shape index (κ2) is 5.34. The van der Waals surface area contributed by atoms with Crippen LogP contribution in [-0.2, 0) is 23.4 Å². The van der Waals surface area contributed by atoms with Crippen LogP contribution in [0.4, 0.5) is 0 Å². The molecule has 0 saturated heterocycles. The Morgan fingerprint density at radius 3 is 2.45 bits per heavy atom. The van der Waals surface area contributed by atoms with E-state index in [4.69, 9.17) is 4.74 Å². The lowest BCUT2D eigenvalue weighted by Gasteiger charge is -2.31. The van der Waals surface area contributed by atoms with E-state index in [1.165, 1.54) is 22.3 Å². The Morgan fingerprint density at radius 1 is 1.00 bits per heavy atom. The second-order valence-electron chi connectivity index (χ2n) is 5.97. The van der Waals surface area contributed by atoms with Gasteiger partial charge in [0.1, 0.15) is 0 Å². The first-order valence-electron chi connectivity index (χ1n) is 6.98. The molecule has 1 aliphatic rings. The standard InChI is InChI=1S/C18H19BrO/c1-18(2,16-6-4-3-5-7-16)17(19)13-8-9-14-11-20-12-15(14)10-13/h3-10,17H,11-12H2,1-2H3. The molecule has 0 amide bonds. The van der Waals surface area contributed by atoms with Crippen LogP contribution in [0.3, 0.4) is 0 Å². The minimum Gasteiger partial charge on any atom is -0.372 e. The minimum atomic E-state index is 0.0367. The van der Waals surface area contributed by atoms with Gasteiger partial charge in [0.05, 0.1) is 13.2 Å². The predicted molar refractivity (Wildman–Crippen MR) is 86.1 cm³/mol. The Morgan fingerprint density at radius 2 is 1.70 bits per heavy atom. The molecule has 2 aromatic carbocycles. The molecule has 0 saturated carbocycles. The van der Waals surface area contributed by atoms with Gasteiger partial charge in [0.2, 0.25) is 0 Å². The third-order valence-electron chi connectivity index (χ3n) is 4.19. The summed E-state index contributed by atoms with van der Waals surface area (Å²) >= 11 is 3.91. The van der Waals surface area contributed by atoms with Gasteiger partial charge >= 0.3 is 0 Å². The number of halogens is 1. The van der Waals surface area contributed by atoms with Crippen molar-refractivity contribution in [3.8, 4) is 0 Å². The molecule has 1 nitrogen and oxygen atoms in total. The van der Waals surface area contributed by atoms with Gasteiger partial charge in [-0.3, -0.25) is 0 Å². The zero-order chi connectivity index (χ0) is 14.2. The quantitative estimate of drug-likeness (QED) is 0.709. The number of ether oxygens (including phenoxy) is 1. The molecule has 0 aromatic heterocycles. The maximum atomic E-state index is 5.50. The van der Waals surface area contributed by atoms with Gasteiger partial charge in [0.25, 0.3) is 0 Å². The number of alkyl halides is 1. The molecule has 0 bridgehead atoms. The van der Waals surface area contributed by atoms with Gasteiger partial charge in [-0.25, -0.2) is 0 Å². The molecule has 1 heterocycles. The summed E-state index contributed by atoms with van der Waals surface area (Å²) in [5, 5.41) is 0. The molecule has 0 N–H and O–H groups in total. The molecule has 1 atom stereocenters. The van der Waals surface area contributed by atoms with Crippen molar-refractivity contribution in [3.05, 3.63) is 70.8 Å². The van der Waals surface area contributed by atoms with Crippen LogP contribution in [0.25, 0.3) is 0 Å². The van der Waals surface area contributed by atoms with Crippen LogP contribution in [0.5, 0.6) is 0 Å². The summed E-state index contributed by atoms with van der Waals surface area (Å²) in [6.07, 6.45) is 0. The van der Waals surface area contributed by atoms with Gasteiger partial charge in [0, 0.05) is 10.2 Å². The molecule has 0 spiro atoms. The van der Waals surface area contributed by atoms with Gasteiger partial charge in [-0.05, 0) is 22.3 Å². The third-order valence-corrected chi connectivity index (χ3v) is 5.86. The van der Waals surface area contributed by atoms with Gasteiger partial charge in [-0.15, -0.1) is 0 Å². The summed E-state index contributed by atoms with van der Waals surface area (Å²) in [7, 11) is 0. The summed E-state index contributed by atoms with van der Waals surface area (Å²) in [5.41, 5.74) is 5.36. The van der Waals surface area contributed by atoms with Gasteiger partial charge < -0.3 is 4.74 Å². The van der Waals surface area contributed by atoms with E-state index in [-0.39, 0.29) is 10.2 Å². The fraction of sp³-hybridized carbons (Fsp3) is 0.333. The number of rotatable bonds is 3. The molecule has 1 unspecified atom stereocenters. The molecule has 1 aliphatic heterocycles. The van der Waals surface area contributed by atoms with E-state index in [1.807, 2.05) is 0 Å². The predicted octanol–water partition coefficient (Wildman–Crippen LogP) is 5.13. The minimum absolute atomic E-state index is 0.0367. The summed E-state index contributed by atoms with van der Waals surface area (Å²) in [6.45, 7) is 6.07. The molecular weight excluding hydrogens is 312 g/mol. The van der Waals surface area contributed by atoms with Crippen LogP contribution in [0, 0.1) is 0 Å². The molecule has 0 fully saturated rings. The fourth-order valence-electron chi connectivity index (χ4n) is 2.78. The van der Waals surface area contributed by atoms with E-state index < -0.39 is 0 Å².